The molecule has 1 unspecified atom stereocenters. The van der Waals surface area contributed by atoms with Crippen LogP contribution in [0.25, 0.3) is 11.0 Å². The third-order valence-electron chi connectivity index (χ3n) is 4.49. The normalized spacial score (nSPS) is 16.6. The summed E-state index contributed by atoms with van der Waals surface area (Å²) in [6.45, 7) is 3.92. The van der Waals surface area contributed by atoms with Gasteiger partial charge < -0.3 is 13.6 Å². The molecule has 0 saturated heterocycles. The lowest BCUT2D eigenvalue weighted by molar-refractivity contribution is -0.946. The van der Waals surface area contributed by atoms with Crippen molar-refractivity contribution in [3.8, 4) is 5.75 Å². The Labute approximate surface area is 149 Å². The highest BCUT2D eigenvalue weighted by molar-refractivity contribution is 6.33. The van der Waals surface area contributed by atoms with Crippen molar-refractivity contribution in [2.45, 2.75) is 32.9 Å². The Morgan fingerprint density at radius 2 is 2.20 bits per heavy atom. The Hall–Kier alpha value is -2.24. The third-order valence-corrected chi connectivity index (χ3v) is 4.77. The lowest BCUT2D eigenvalue weighted by Crippen LogP contribution is -3.10. The number of hydrogen-bond acceptors (Lipinski definition) is 4. The summed E-state index contributed by atoms with van der Waals surface area (Å²) >= 11 is 6.45. The SMILES string of the molecule is CCCc1cc(=O)oc2c3c(c(Cl)cc12)OC[NH+](Cc1ccco1)C3. The van der Waals surface area contributed by atoms with Gasteiger partial charge in [-0.15, -0.1) is 0 Å². The molecule has 4 rings (SSSR count). The highest BCUT2D eigenvalue weighted by Crippen LogP contribution is 2.37. The van der Waals surface area contributed by atoms with E-state index in [1.54, 1.807) is 12.3 Å². The molecule has 130 valence electrons. The van der Waals surface area contributed by atoms with Gasteiger partial charge >= 0.3 is 5.63 Å². The Kier molecular flexibility index (Phi) is 4.27. The second-order valence-corrected chi connectivity index (χ2v) is 6.76. The van der Waals surface area contributed by atoms with Crippen molar-refractivity contribution in [3.05, 3.63) is 62.9 Å². The number of hydrogen-bond donors (Lipinski definition) is 1. The van der Waals surface area contributed by atoms with Crippen molar-refractivity contribution in [1.82, 2.24) is 0 Å². The molecule has 1 aromatic carbocycles. The van der Waals surface area contributed by atoms with Gasteiger partial charge in [0.1, 0.15) is 13.1 Å². The van der Waals surface area contributed by atoms with E-state index in [-0.39, 0.29) is 5.63 Å². The van der Waals surface area contributed by atoms with Gasteiger partial charge in [0, 0.05) is 11.5 Å². The van der Waals surface area contributed by atoms with Crippen LogP contribution in [0, 0.1) is 0 Å². The summed E-state index contributed by atoms with van der Waals surface area (Å²) in [5.41, 5.74) is 2.08. The van der Waals surface area contributed by atoms with E-state index in [4.69, 9.17) is 25.2 Å². The van der Waals surface area contributed by atoms with Gasteiger partial charge in [0.05, 0.1) is 16.8 Å². The number of halogens is 1. The van der Waals surface area contributed by atoms with Crippen LogP contribution >= 0.6 is 11.6 Å². The summed E-state index contributed by atoms with van der Waals surface area (Å²) in [4.78, 5) is 13.2. The van der Waals surface area contributed by atoms with Crippen LogP contribution in [0.5, 0.6) is 5.75 Å². The van der Waals surface area contributed by atoms with Gasteiger partial charge in [-0.3, -0.25) is 4.90 Å². The van der Waals surface area contributed by atoms with Crippen molar-refractivity contribution in [3.63, 3.8) is 0 Å². The molecule has 5 nitrogen and oxygen atoms in total. The molecule has 1 aliphatic rings. The van der Waals surface area contributed by atoms with Crippen LogP contribution < -0.4 is 15.3 Å². The summed E-state index contributed by atoms with van der Waals surface area (Å²) < 4.78 is 16.9. The molecular weight excluding hydrogens is 342 g/mol. The average Bonchev–Trinajstić information content (AvgIpc) is 3.09. The Morgan fingerprint density at radius 3 is 2.96 bits per heavy atom. The summed E-state index contributed by atoms with van der Waals surface area (Å²) in [6.07, 6.45) is 3.41. The Balaban J connectivity index is 1.80. The first-order chi connectivity index (χ1) is 12.2. The molecule has 0 bridgehead atoms. The van der Waals surface area contributed by atoms with Gasteiger partial charge in [-0.2, -0.15) is 0 Å². The molecule has 2 aromatic heterocycles. The fourth-order valence-corrected chi connectivity index (χ4v) is 3.69. The molecule has 0 aliphatic carbocycles. The maximum atomic E-state index is 12.0. The van der Waals surface area contributed by atoms with Crippen molar-refractivity contribution >= 4 is 22.6 Å². The summed E-state index contributed by atoms with van der Waals surface area (Å²) in [5.74, 6) is 1.51. The maximum absolute atomic E-state index is 12.0. The molecule has 0 spiro atoms. The number of rotatable bonds is 4. The van der Waals surface area contributed by atoms with Crippen LogP contribution in [0.4, 0.5) is 0 Å². The smallest absolute Gasteiger partial charge is 0.336 e. The lowest BCUT2D eigenvalue weighted by atomic mass is 10.0. The number of quaternary nitrogens is 1. The summed E-state index contributed by atoms with van der Waals surface area (Å²) in [6, 6.07) is 7.22. The number of furan rings is 1. The molecule has 3 aromatic rings. The minimum absolute atomic E-state index is 0.335. The summed E-state index contributed by atoms with van der Waals surface area (Å²) in [5, 5.41) is 1.46. The van der Waals surface area contributed by atoms with Crippen molar-refractivity contribution in [2.24, 2.45) is 0 Å². The fraction of sp³-hybridized carbons (Fsp3) is 0.316. The van der Waals surface area contributed by atoms with E-state index >= 15 is 0 Å². The van der Waals surface area contributed by atoms with E-state index in [2.05, 4.69) is 6.92 Å². The number of aryl methyl sites for hydroxylation is 1. The molecule has 0 amide bonds. The Bertz CT molecular complexity index is 962. The number of benzene rings is 1. The van der Waals surface area contributed by atoms with E-state index in [1.165, 1.54) is 0 Å². The highest BCUT2D eigenvalue weighted by atomic mass is 35.5. The molecule has 0 saturated carbocycles. The van der Waals surface area contributed by atoms with E-state index in [0.29, 0.717) is 36.2 Å². The monoisotopic (exact) mass is 360 g/mol. The van der Waals surface area contributed by atoms with Crippen LogP contribution in [-0.2, 0) is 19.5 Å². The molecule has 1 N–H and O–H groups in total. The molecule has 0 radical (unpaired) electrons. The molecule has 0 fully saturated rings. The maximum Gasteiger partial charge on any atom is 0.336 e. The van der Waals surface area contributed by atoms with Gasteiger partial charge in [-0.1, -0.05) is 24.9 Å². The third kappa shape index (κ3) is 3.05. The van der Waals surface area contributed by atoms with Crippen LogP contribution in [0.2, 0.25) is 5.02 Å². The zero-order chi connectivity index (χ0) is 17.4. The minimum atomic E-state index is -0.335. The molecular formula is C19H19ClNO4+. The van der Waals surface area contributed by atoms with Gasteiger partial charge in [-0.25, -0.2) is 4.79 Å². The van der Waals surface area contributed by atoms with E-state index in [9.17, 15) is 4.79 Å². The average molecular weight is 361 g/mol. The van der Waals surface area contributed by atoms with E-state index < -0.39 is 0 Å². The van der Waals surface area contributed by atoms with Crippen LogP contribution in [0.1, 0.15) is 30.2 Å². The van der Waals surface area contributed by atoms with E-state index in [1.807, 2.05) is 18.2 Å². The first kappa shape index (κ1) is 16.2. The van der Waals surface area contributed by atoms with Gasteiger partial charge in [0.25, 0.3) is 0 Å². The zero-order valence-corrected chi connectivity index (χ0v) is 14.7. The van der Waals surface area contributed by atoms with Crippen molar-refractivity contribution in [2.75, 3.05) is 6.73 Å². The van der Waals surface area contributed by atoms with Crippen molar-refractivity contribution < 1.29 is 18.5 Å². The topological polar surface area (TPSA) is 57.0 Å². The number of ether oxygens (including phenoxy) is 1. The largest absolute Gasteiger partial charge is 0.463 e. The number of fused-ring (bicyclic) bond motifs is 3. The van der Waals surface area contributed by atoms with Gasteiger partial charge in [-0.05, 0) is 30.2 Å². The minimum Gasteiger partial charge on any atom is -0.463 e. The second-order valence-electron chi connectivity index (χ2n) is 6.36. The molecule has 25 heavy (non-hydrogen) atoms. The standard InChI is InChI=1S/C19H18ClNO4/c1-2-4-12-7-17(22)25-18-14(12)8-16(20)19-15(18)10-21(11-24-19)9-13-5-3-6-23-13/h3,5-8H,2,4,9-11H2,1H3/p+1. The molecule has 1 aliphatic heterocycles. The Morgan fingerprint density at radius 1 is 1.32 bits per heavy atom. The van der Waals surface area contributed by atoms with Gasteiger partial charge in [0.15, 0.2) is 17.1 Å². The number of nitrogens with one attached hydrogen (secondary N) is 1. The summed E-state index contributed by atoms with van der Waals surface area (Å²) in [7, 11) is 0. The molecule has 1 atom stereocenters. The first-order valence-electron chi connectivity index (χ1n) is 8.42. The van der Waals surface area contributed by atoms with Crippen LogP contribution in [-0.4, -0.2) is 6.73 Å². The van der Waals surface area contributed by atoms with Crippen molar-refractivity contribution in [1.29, 1.82) is 0 Å². The lowest BCUT2D eigenvalue weighted by Gasteiger charge is -2.26. The first-order valence-corrected chi connectivity index (χ1v) is 8.80. The second kappa shape index (κ2) is 6.58. The highest BCUT2D eigenvalue weighted by Gasteiger charge is 2.28. The zero-order valence-electron chi connectivity index (χ0n) is 13.9. The van der Waals surface area contributed by atoms with Crippen LogP contribution in [0.15, 0.2) is 44.2 Å². The molecule has 3 heterocycles. The van der Waals surface area contributed by atoms with Crippen LogP contribution in [0.3, 0.4) is 0 Å². The quantitative estimate of drug-likeness (QED) is 0.727. The predicted octanol–water partition coefficient (Wildman–Crippen LogP) is 2.93. The van der Waals surface area contributed by atoms with E-state index in [0.717, 1.165) is 40.0 Å². The van der Waals surface area contributed by atoms with Gasteiger partial charge in [0.2, 0.25) is 6.73 Å². The predicted molar refractivity (Wildman–Crippen MR) is 94.1 cm³/mol. The molecule has 6 heteroatoms. The fourth-order valence-electron chi connectivity index (χ4n) is 3.41.